The largest absolute Gasteiger partial charge is 0.489 e. The summed E-state index contributed by atoms with van der Waals surface area (Å²) in [5, 5.41) is 9.03. The van der Waals surface area contributed by atoms with Crippen LogP contribution in [0.15, 0.2) is 66.7 Å². The molecule has 0 aliphatic rings. The van der Waals surface area contributed by atoms with Crippen LogP contribution in [-0.4, -0.2) is 11.1 Å². The van der Waals surface area contributed by atoms with E-state index in [0.717, 1.165) is 30.0 Å². The van der Waals surface area contributed by atoms with Gasteiger partial charge in [-0.1, -0.05) is 24.3 Å². The summed E-state index contributed by atoms with van der Waals surface area (Å²) in [7, 11) is 0. The Balaban J connectivity index is 1.55. The van der Waals surface area contributed by atoms with Gasteiger partial charge in [-0.15, -0.1) is 0 Å². The third kappa shape index (κ3) is 5.38. The van der Waals surface area contributed by atoms with E-state index in [1.165, 1.54) is 12.1 Å². The Hall–Kier alpha value is -3.21. The van der Waals surface area contributed by atoms with Crippen LogP contribution in [0.25, 0.3) is 0 Å². The van der Waals surface area contributed by atoms with E-state index in [2.05, 4.69) is 0 Å². The van der Waals surface area contributed by atoms with Crippen molar-refractivity contribution in [3.05, 3.63) is 101 Å². The maximum atomic E-state index is 13.2. The van der Waals surface area contributed by atoms with Crippen LogP contribution in [0.4, 0.5) is 8.78 Å². The van der Waals surface area contributed by atoms with Gasteiger partial charge in [-0.3, -0.25) is 0 Å². The molecule has 3 aromatic rings. The number of aryl methyl sites for hydroxylation is 2. The second-order valence-electron chi connectivity index (χ2n) is 6.22. The van der Waals surface area contributed by atoms with Crippen molar-refractivity contribution < 1.29 is 23.4 Å². The van der Waals surface area contributed by atoms with Crippen molar-refractivity contribution in [3.8, 4) is 5.75 Å². The van der Waals surface area contributed by atoms with Crippen molar-refractivity contribution in [1.29, 1.82) is 0 Å². The van der Waals surface area contributed by atoms with Crippen LogP contribution >= 0.6 is 0 Å². The van der Waals surface area contributed by atoms with Crippen LogP contribution in [0.5, 0.6) is 5.75 Å². The minimum Gasteiger partial charge on any atom is -0.489 e. The Morgan fingerprint density at radius 1 is 0.815 bits per heavy atom. The van der Waals surface area contributed by atoms with Gasteiger partial charge in [0.25, 0.3) is 0 Å². The minimum absolute atomic E-state index is 0.0794. The molecule has 0 saturated heterocycles. The van der Waals surface area contributed by atoms with Crippen LogP contribution < -0.4 is 4.74 Å². The predicted molar refractivity (Wildman–Crippen MR) is 97.9 cm³/mol. The smallest absolute Gasteiger partial charge is 0.335 e. The van der Waals surface area contributed by atoms with Crippen molar-refractivity contribution in [2.45, 2.75) is 19.4 Å². The van der Waals surface area contributed by atoms with Gasteiger partial charge < -0.3 is 9.84 Å². The first-order valence-electron chi connectivity index (χ1n) is 8.48. The summed E-state index contributed by atoms with van der Waals surface area (Å²) in [4.78, 5) is 11.0. The molecule has 0 unspecified atom stereocenters. The number of aromatic carboxylic acids is 1. The maximum Gasteiger partial charge on any atom is 0.335 e. The summed E-state index contributed by atoms with van der Waals surface area (Å²) in [6.07, 6.45) is 1.49. The second-order valence-corrected chi connectivity index (χ2v) is 6.22. The molecule has 27 heavy (non-hydrogen) atoms. The molecule has 0 aromatic heterocycles. The molecule has 0 amide bonds. The summed E-state index contributed by atoms with van der Waals surface area (Å²) in [5.41, 5.74) is 2.75. The molecule has 5 heteroatoms. The Kier molecular flexibility index (Phi) is 5.81. The third-order valence-corrected chi connectivity index (χ3v) is 4.13. The molecule has 0 spiro atoms. The highest BCUT2D eigenvalue weighted by Gasteiger charge is 2.05. The van der Waals surface area contributed by atoms with Crippen LogP contribution in [-0.2, 0) is 19.4 Å². The summed E-state index contributed by atoms with van der Waals surface area (Å²) < 4.78 is 31.9. The molecule has 0 radical (unpaired) electrons. The first-order chi connectivity index (χ1) is 13.0. The predicted octanol–water partition coefficient (Wildman–Crippen LogP) is 5.03. The van der Waals surface area contributed by atoms with Gasteiger partial charge in [-0.2, -0.15) is 0 Å². The highest BCUT2D eigenvalue weighted by Crippen LogP contribution is 2.17. The van der Waals surface area contributed by atoms with Gasteiger partial charge in [0.15, 0.2) is 0 Å². The van der Waals surface area contributed by atoms with Gasteiger partial charge in [0, 0.05) is 6.07 Å². The van der Waals surface area contributed by atoms with Gasteiger partial charge in [0.2, 0.25) is 0 Å². The summed E-state index contributed by atoms with van der Waals surface area (Å²) in [5.74, 6) is -1.58. The Bertz CT molecular complexity index is 916. The average Bonchev–Trinajstić information content (AvgIpc) is 2.65. The van der Waals surface area contributed by atoms with E-state index in [0.29, 0.717) is 11.3 Å². The van der Waals surface area contributed by atoms with Gasteiger partial charge in [0.1, 0.15) is 24.0 Å². The van der Waals surface area contributed by atoms with Crippen LogP contribution in [0.1, 0.15) is 27.0 Å². The lowest BCUT2D eigenvalue weighted by Gasteiger charge is -2.08. The lowest BCUT2D eigenvalue weighted by atomic mass is 10.0. The van der Waals surface area contributed by atoms with Gasteiger partial charge >= 0.3 is 5.97 Å². The number of carbonyl (C=O) groups is 1. The molecule has 0 saturated carbocycles. The molecule has 0 fully saturated rings. The van der Waals surface area contributed by atoms with E-state index < -0.39 is 17.6 Å². The lowest BCUT2D eigenvalue weighted by molar-refractivity contribution is 0.0696. The van der Waals surface area contributed by atoms with Gasteiger partial charge in [-0.05, 0) is 65.9 Å². The molecule has 1 N–H and O–H groups in total. The van der Waals surface area contributed by atoms with Crippen LogP contribution in [0.3, 0.4) is 0 Å². The molecule has 3 aromatic carbocycles. The minimum atomic E-state index is -0.934. The van der Waals surface area contributed by atoms with Gasteiger partial charge in [-0.25, -0.2) is 13.6 Å². The van der Waals surface area contributed by atoms with E-state index >= 15 is 0 Å². The maximum absolute atomic E-state index is 13.2. The molecule has 0 heterocycles. The highest BCUT2D eigenvalue weighted by atomic mass is 19.1. The molecule has 0 bridgehead atoms. The molecule has 0 aliphatic carbocycles. The van der Waals surface area contributed by atoms with E-state index in [1.54, 1.807) is 30.3 Å². The number of carboxylic acids is 1. The first kappa shape index (κ1) is 18.6. The summed E-state index contributed by atoms with van der Waals surface area (Å²) in [6.45, 7) is 0.0794. The molecule has 0 aliphatic heterocycles. The van der Waals surface area contributed by atoms with Crippen molar-refractivity contribution >= 4 is 5.97 Å². The standard InChI is InChI=1S/C22H18F2O3/c23-19-11-17(12-20(24)13-19)14-27-21-8-6-15(7-9-21)4-5-16-2-1-3-18(10-16)22(25)26/h1-3,6-13H,4-5,14H2,(H,25,26). The fourth-order valence-electron chi connectivity index (χ4n) is 2.76. The number of carboxylic acid groups (broad SMARTS) is 1. The van der Waals surface area contributed by atoms with Gasteiger partial charge in [0.05, 0.1) is 5.56 Å². The monoisotopic (exact) mass is 368 g/mol. The highest BCUT2D eigenvalue weighted by molar-refractivity contribution is 5.87. The first-order valence-corrected chi connectivity index (χ1v) is 8.48. The third-order valence-electron chi connectivity index (χ3n) is 4.13. The summed E-state index contributed by atoms with van der Waals surface area (Å²) in [6, 6.07) is 17.6. The average molecular weight is 368 g/mol. The Morgan fingerprint density at radius 3 is 2.15 bits per heavy atom. The van der Waals surface area contributed by atoms with Crippen molar-refractivity contribution in [2.75, 3.05) is 0 Å². The normalized spacial score (nSPS) is 10.6. The molecular formula is C22H18F2O3. The molecule has 3 nitrogen and oxygen atoms in total. The molecular weight excluding hydrogens is 350 g/mol. The van der Waals surface area contributed by atoms with E-state index in [4.69, 9.17) is 9.84 Å². The number of hydrogen-bond donors (Lipinski definition) is 1. The zero-order chi connectivity index (χ0) is 19.2. The fourth-order valence-corrected chi connectivity index (χ4v) is 2.76. The Morgan fingerprint density at radius 2 is 1.48 bits per heavy atom. The topological polar surface area (TPSA) is 46.5 Å². The van der Waals surface area contributed by atoms with Crippen molar-refractivity contribution in [3.63, 3.8) is 0 Å². The van der Waals surface area contributed by atoms with Crippen molar-refractivity contribution in [2.24, 2.45) is 0 Å². The van der Waals surface area contributed by atoms with E-state index in [-0.39, 0.29) is 12.2 Å². The van der Waals surface area contributed by atoms with E-state index in [1.807, 2.05) is 18.2 Å². The second kappa shape index (κ2) is 8.45. The quantitative estimate of drug-likeness (QED) is 0.636. The molecule has 3 rings (SSSR count). The SMILES string of the molecule is O=C(O)c1cccc(CCc2ccc(OCc3cc(F)cc(F)c3)cc2)c1. The van der Waals surface area contributed by atoms with Crippen molar-refractivity contribution in [1.82, 2.24) is 0 Å². The zero-order valence-corrected chi connectivity index (χ0v) is 14.5. The fraction of sp³-hybridized carbons (Fsp3) is 0.136. The Labute approximate surface area is 155 Å². The molecule has 138 valence electrons. The van der Waals surface area contributed by atoms with E-state index in [9.17, 15) is 13.6 Å². The van der Waals surface area contributed by atoms with Crippen LogP contribution in [0, 0.1) is 11.6 Å². The number of benzene rings is 3. The number of rotatable bonds is 7. The number of hydrogen-bond acceptors (Lipinski definition) is 2. The summed E-state index contributed by atoms with van der Waals surface area (Å²) >= 11 is 0. The van der Waals surface area contributed by atoms with Crippen LogP contribution in [0.2, 0.25) is 0 Å². The molecule has 0 atom stereocenters. The number of halogens is 2. The zero-order valence-electron chi connectivity index (χ0n) is 14.5. The number of ether oxygens (including phenoxy) is 1. The lowest BCUT2D eigenvalue weighted by Crippen LogP contribution is -1.99.